The molecule has 0 bridgehead atoms. The van der Waals surface area contributed by atoms with Crippen molar-refractivity contribution >= 4 is 22.2 Å². The first-order chi connectivity index (χ1) is 24.4. The molecule has 0 spiro atoms. The van der Waals surface area contributed by atoms with Gasteiger partial charge in [0.15, 0.2) is 46.5 Å². The molecule has 0 aliphatic heterocycles. The van der Waals surface area contributed by atoms with Crippen molar-refractivity contribution in [2.24, 2.45) is 0 Å². The second-order valence-electron chi connectivity index (χ2n) is 10.7. The summed E-state index contributed by atoms with van der Waals surface area (Å²) in [4.78, 5) is 4.76. The van der Waals surface area contributed by atoms with Gasteiger partial charge in [-0.1, -0.05) is 0 Å². The highest BCUT2D eigenvalue weighted by Gasteiger charge is 2.42. The van der Waals surface area contributed by atoms with Gasteiger partial charge in [0.1, 0.15) is 54.1 Å². The quantitative estimate of drug-likeness (QED) is 0.118. The molecule has 52 heavy (non-hydrogen) atoms. The predicted octanol–water partition coefficient (Wildman–Crippen LogP) is 7.91. The SMILES string of the molecule is [C-]#[N+]C([N+]#[C-])=C1Cc2c(-c3c(F)c(F)c(C#N)c(F)c3F)c3c(c(-c4c(F)c(F)c(C#N)c(F)c4F)c2=C1C)CC(=C(C#N)C#N)C=3SC(F)(F)F. The molecule has 256 valence electrons. The molecule has 3 aromatic carbocycles. The average molecular weight is 741 g/mol. The number of hydrogen-bond acceptors (Lipinski definition) is 5. The van der Waals surface area contributed by atoms with Crippen LogP contribution < -0.4 is 10.4 Å². The number of hydrogen-bond donors (Lipinski definition) is 0. The third-order valence-electron chi connectivity index (χ3n) is 8.22. The number of fused-ring (bicyclic) bond motifs is 2. The first-order valence-corrected chi connectivity index (χ1v) is 14.5. The number of thioether (sulfide) groups is 1. The number of halogens is 11. The van der Waals surface area contributed by atoms with Crippen LogP contribution in [0.3, 0.4) is 0 Å². The van der Waals surface area contributed by atoms with E-state index in [1.807, 2.05) is 0 Å². The lowest BCUT2D eigenvalue weighted by Gasteiger charge is -2.19. The molecule has 18 heteroatoms. The van der Waals surface area contributed by atoms with Crippen molar-refractivity contribution in [3.05, 3.63) is 125 Å². The third kappa shape index (κ3) is 5.21. The van der Waals surface area contributed by atoms with Crippen LogP contribution >= 0.6 is 11.8 Å². The number of nitriles is 4. The molecular weight excluding hydrogens is 733 g/mol. The molecule has 3 aromatic rings. The Hall–Kier alpha value is -6.60. The summed E-state index contributed by atoms with van der Waals surface area (Å²) in [5.41, 5.74) is -19.1. The highest BCUT2D eigenvalue weighted by atomic mass is 32.2. The summed E-state index contributed by atoms with van der Waals surface area (Å²) in [5.74, 6) is -19.4. The van der Waals surface area contributed by atoms with E-state index in [2.05, 4.69) is 9.69 Å². The summed E-state index contributed by atoms with van der Waals surface area (Å²) >= 11 is -1.12. The van der Waals surface area contributed by atoms with Gasteiger partial charge in [-0.25, -0.2) is 35.1 Å². The minimum absolute atomic E-state index is 0.376. The molecule has 0 saturated heterocycles. The molecule has 0 amide bonds. The fraction of sp³-hybridized carbons (Fsp3) is 0.118. The van der Waals surface area contributed by atoms with Crippen molar-refractivity contribution in [3.8, 4) is 46.5 Å². The molecule has 0 unspecified atom stereocenters. The number of benzene rings is 3. The Bertz CT molecular complexity index is 2610. The maximum atomic E-state index is 15.9. The van der Waals surface area contributed by atoms with Crippen molar-refractivity contribution in [2.75, 3.05) is 0 Å². The van der Waals surface area contributed by atoms with Gasteiger partial charge in [-0.2, -0.15) is 43.9 Å². The lowest BCUT2D eigenvalue weighted by molar-refractivity contribution is -0.0318. The number of alkyl halides is 3. The van der Waals surface area contributed by atoms with Gasteiger partial charge < -0.3 is 0 Å². The van der Waals surface area contributed by atoms with E-state index in [1.54, 1.807) is 0 Å². The fourth-order valence-corrected chi connectivity index (χ4v) is 7.04. The maximum absolute atomic E-state index is 15.9. The van der Waals surface area contributed by atoms with Crippen LogP contribution in [0.5, 0.6) is 0 Å². The first-order valence-electron chi connectivity index (χ1n) is 13.7. The zero-order valence-electron chi connectivity index (χ0n) is 25.2. The van der Waals surface area contributed by atoms with Crippen molar-refractivity contribution in [1.29, 1.82) is 21.0 Å². The summed E-state index contributed by atoms with van der Waals surface area (Å²) in [6.45, 7) is 15.9. The third-order valence-corrected chi connectivity index (χ3v) is 9.10. The minimum Gasteiger partial charge on any atom is -0.203 e. The molecular formula is C34H7F11N6S. The van der Waals surface area contributed by atoms with E-state index < -0.39 is 159 Å². The van der Waals surface area contributed by atoms with Crippen molar-refractivity contribution in [3.63, 3.8) is 0 Å². The molecule has 0 saturated carbocycles. The molecule has 0 N–H and O–H groups in total. The van der Waals surface area contributed by atoms with Crippen LogP contribution in [0.15, 0.2) is 22.5 Å². The van der Waals surface area contributed by atoms with E-state index in [9.17, 15) is 23.7 Å². The zero-order chi connectivity index (χ0) is 38.7. The standard InChI is InChI=1S/C34H7F11N6S/c1-10-12(33(50-2)51-3)4-14-18(10)19(22-28(39)24(35)16(8-48)25(36)29(22)40)15-5-13(11(6-46)7-47)32(52-34(43,44)45)21(15)20(14)23-30(41)26(37)17(9-49)27(38)31(23)42/h4-5H2,1H3. The molecule has 0 heterocycles. The molecule has 0 atom stereocenters. The monoisotopic (exact) mass is 740 g/mol. The maximum Gasteiger partial charge on any atom is 0.523 e. The van der Waals surface area contributed by atoms with Crippen LogP contribution in [-0.2, 0) is 12.8 Å². The van der Waals surface area contributed by atoms with Crippen LogP contribution in [0.1, 0.15) is 29.2 Å². The Morgan fingerprint density at radius 3 is 1.37 bits per heavy atom. The van der Waals surface area contributed by atoms with Crippen LogP contribution in [0, 0.1) is 105 Å². The summed E-state index contributed by atoms with van der Waals surface area (Å²) in [5, 5.41) is 35.7. The summed E-state index contributed by atoms with van der Waals surface area (Å²) in [6, 6.07) is 4.41. The smallest absolute Gasteiger partial charge is 0.203 e. The molecule has 2 aliphatic rings. The number of nitrogens with zero attached hydrogens (tertiary/aromatic N) is 6. The largest absolute Gasteiger partial charge is 0.523 e. The summed E-state index contributed by atoms with van der Waals surface area (Å²) < 4.78 is 167. The van der Waals surface area contributed by atoms with E-state index in [1.165, 1.54) is 12.1 Å². The van der Waals surface area contributed by atoms with E-state index in [0.717, 1.165) is 19.1 Å². The second kappa shape index (κ2) is 12.9. The average Bonchev–Trinajstić information content (AvgIpc) is 3.62. The van der Waals surface area contributed by atoms with Crippen LogP contribution in [0.2, 0.25) is 0 Å². The highest BCUT2D eigenvalue weighted by Crippen LogP contribution is 2.48. The van der Waals surface area contributed by atoms with Gasteiger partial charge >= 0.3 is 11.3 Å². The van der Waals surface area contributed by atoms with Gasteiger partial charge in [0, 0.05) is 22.1 Å². The van der Waals surface area contributed by atoms with Gasteiger partial charge in [-0.3, -0.25) is 0 Å². The van der Waals surface area contributed by atoms with E-state index >= 15 is 35.1 Å². The Balaban J connectivity index is 2.31. The van der Waals surface area contributed by atoms with Gasteiger partial charge in [0.2, 0.25) is 0 Å². The Morgan fingerprint density at radius 2 is 1.00 bits per heavy atom. The number of allylic oxidation sites excluding steroid dienone is 2. The van der Waals surface area contributed by atoms with Crippen LogP contribution in [-0.4, -0.2) is 5.51 Å². The second-order valence-corrected chi connectivity index (χ2v) is 11.7. The summed E-state index contributed by atoms with van der Waals surface area (Å²) in [6.07, 6.45) is -2.10. The fourth-order valence-electron chi connectivity index (χ4n) is 6.19. The topological polar surface area (TPSA) is 104 Å². The zero-order valence-corrected chi connectivity index (χ0v) is 26.0. The molecule has 2 aliphatic carbocycles. The molecule has 6 nitrogen and oxygen atoms in total. The van der Waals surface area contributed by atoms with E-state index in [4.69, 9.17) is 23.7 Å². The molecule has 0 aromatic heterocycles. The van der Waals surface area contributed by atoms with E-state index in [0.29, 0.717) is 0 Å². The Morgan fingerprint density at radius 1 is 0.615 bits per heavy atom. The van der Waals surface area contributed by atoms with Crippen molar-refractivity contribution in [1.82, 2.24) is 0 Å². The van der Waals surface area contributed by atoms with Gasteiger partial charge in [-0.05, 0) is 58.2 Å². The van der Waals surface area contributed by atoms with Crippen LogP contribution in [0.4, 0.5) is 48.3 Å². The van der Waals surface area contributed by atoms with Gasteiger partial charge in [0.25, 0.3) is 0 Å². The van der Waals surface area contributed by atoms with Crippen molar-refractivity contribution in [2.45, 2.75) is 25.3 Å². The summed E-state index contributed by atoms with van der Waals surface area (Å²) in [7, 11) is 0. The lowest BCUT2D eigenvalue weighted by Crippen LogP contribution is -2.27. The first kappa shape index (κ1) is 36.7. The molecule has 0 radical (unpaired) electrons. The number of rotatable bonds is 3. The van der Waals surface area contributed by atoms with Crippen LogP contribution in [0.25, 0.3) is 42.4 Å². The molecule has 5 rings (SSSR count). The highest BCUT2D eigenvalue weighted by molar-refractivity contribution is 8.09. The van der Waals surface area contributed by atoms with Crippen molar-refractivity contribution < 1.29 is 48.3 Å². The predicted molar refractivity (Wildman–Crippen MR) is 158 cm³/mol. The normalized spacial score (nSPS) is 13.0. The van der Waals surface area contributed by atoms with Gasteiger partial charge in [0.05, 0.1) is 16.7 Å². The van der Waals surface area contributed by atoms with E-state index in [-0.39, 0.29) is 5.57 Å². The lowest BCUT2D eigenvalue weighted by atomic mass is 9.85. The van der Waals surface area contributed by atoms with Gasteiger partial charge in [-0.15, -0.1) is 0 Å². The Kier molecular flexibility index (Phi) is 9.12. The Labute approximate surface area is 287 Å². The molecule has 0 fully saturated rings. The minimum atomic E-state index is -5.40.